The summed E-state index contributed by atoms with van der Waals surface area (Å²) in [4.78, 5) is 15.1. The summed E-state index contributed by atoms with van der Waals surface area (Å²) in [5, 5.41) is 3.68. The van der Waals surface area contributed by atoms with Crippen molar-refractivity contribution in [1.82, 2.24) is 10.2 Å². The van der Waals surface area contributed by atoms with Crippen LogP contribution in [-0.4, -0.2) is 41.7 Å². The number of nitrogens with zero attached hydrogens (tertiary/aromatic N) is 1. The molecule has 1 N–H and O–H groups in total. The lowest BCUT2D eigenvalue weighted by atomic mass is 10.00. The molecule has 1 amide bonds. The predicted molar refractivity (Wildman–Crippen MR) is 93.7 cm³/mol. The third-order valence-electron chi connectivity index (χ3n) is 5.05. The zero-order chi connectivity index (χ0) is 14.2. The number of likely N-dealkylation sites (tertiary alicyclic amines) is 1. The third kappa shape index (κ3) is 3.01. The fourth-order valence-corrected chi connectivity index (χ4v) is 5.18. The second-order valence-corrected chi connectivity index (χ2v) is 7.62. The molecular weight excluding hydrogens is 316 g/mol. The van der Waals surface area contributed by atoms with Crippen LogP contribution in [0.2, 0.25) is 0 Å². The van der Waals surface area contributed by atoms with E-state index in [2.05, 4.69) is 34.5 Å². The Hall–Kier alpha value is -0.710. The largest absolute Gasteiger partial charge is 0.340 e. The van der Waals surface area contributed by atoms with Gasteiger partial charge in [-0.1, -0.05) is 24.3 Å². The van der Waals surface area contributed by atoms with Crippen LogP contribution in [0.25, 0.3) is 0 Å². The van der Waals surface area contributed by atoms with Crippen LogP contribution in [0.5, 0.6) is 0 Å². The molecule has 0 saturated carbocycles. The number of carbonyl (C=O) groups excluding carboxylic acids is 1. The van der Waals surface area contributed by atoms with Gasteiger partial charge in [0.05, 0.1) is 0 Å². The molecule has 2 bridgehead atoms. The van der Waals surface area contributed by atoms with Crippen molar-refractivity contribution in [3.63, 3.8) is 0 Å². The minimum Gasteiger partial charge on any atom is -0.340 e. The average Bonchev–Trinajstić information content (AvgIpc) is 2.85. The van der Waals surface area contributed by atoms with Gasteiger partial charge < -0.3 is 10.2 Å². The van der Waals surface area contributed by atoms with Crippen molar-refractivity contribution < 1.29 is 4.79 Å². The number of rotatable bonds is 1. The van der Waals surface area contributed by atoms with Gasteiger partial charge in [-0.3, -0.25) is 4.79 Å². The minimum atomic E-state index is 0. The standard InChI is InChI=1S/C17H22N2OS.ClH/c20-17(19-9-7-13-5-6-14(11-19)18-13)16-15-4-2-1-3-12(15)8-10-21-16;/h1-4,13-14,16,18H,5-11H2;1H. The van der Waals surface area contributed by atoms with Crippen LogP contribution in [-0.2, 0) is 11.2 Å². The normalized spacial score (nSPS) is 30.2. The summed E-state index contributed by atoms with van der Waals surface area (Å²) in [7, 11) is 0. The first-order valence-corrected chi connectivity index (χ1v) is 9.10. The fraction of sp³-hybridized carbons (Fsp3) is 0.588. The lowest BCUT2D eigenvalue weighted by Crippen LogP contribution is -2.41. The van der Waals surface area contributed by atoms with Crippen LogP contribution < -0.4 is 5.32 Å². The van der Waals surface area contributed by atoms with Crippen LogP contribution >= 0.6 is 24.2 Å². The summed E-state index contributed by atoms with van der Waals surface area (Å²) in [5.41, 5.74) is 2.62. The molecule has 3 aliphatic rings. The van der Waals surface area contributed by atoms with Crippen molar-refractivity contribution in [1.29, 1.82) is 0 Å². The van der Waals surface area contributed by atoms with E-state index in [1.54, 1.807) is 0 Å². The Morgan fingerprint density at radius 3 is 2.91 bits per heavy atom. The summed E-state index contributed by atoms with van der Waals surface area (Å²) in [6.07, 6.45) is 4.72. The van der Waals surface area contributed by atoms with Crippen LogP contribution in [0.15, 0.2) is 24.3 Å². The maximum atomic E-state index is 13.0. The first-order chi connectivity index (χ1) is 10.3. The zero-order valence-electron chi connectivity index (χ0n) is 12.7. The molecule has 2 fully saturated rings. The Bertz CT molecular complexity index is 553. The first-order valence-electron chi connectivity index (χ1n) is 8.05. The number of carbonyl (C=O) groups is 1. The van der Waals surface area contributed by atoms with Gasteiger partial charge in [-0.25, -0.2) is 0 Å². The molecule has 1 aromatic rings. The molecule has 3 aliphatic heterocycles. The van der Waals surface area contributed by atoms with Gasteiger partial charge in [0.1, 0.15) is 5.25 Å². The molecule has 3 heterocycles. The molecule has 3 unspecified atom stereocenters. The topological polar surface area (TPSA) is 32.3 Å². The summed E-state index contributed by atoms with van der Waals surface area (Å²) < 4.78 is 0. The molecule has 0 aliphatic carbocycles. The van der Waals surface area contributed by atoms with Gasteiger partial charge in [0, 0.05) is 25.2 Å². The molecule has 2 saturated heterocycles. The average molecular weight is 339 g/mol. The number of halogens is 1. The molecule has 3 nitrogen and oxygen atoms in total. The summed E-state index contributed by atoms with van der Waals surface area (Å²) >= 11 is 1.82. The van der Waals surface area contributed by atoms with Crippen molar-refractivity contribution in [2.75, 3.05) is 18.8 Å². The smallest absolute Gasteiger partial charge is 0.240 e. The van der Waals surface area contributed by atoms with Crippen molar-refractivity contribution in [2.24, 2.45) is 0 Å². The van der Waals surface area contributed by atoms with Crippen LogP contribution in [0.4, 0.5) is 0 Å². The number of fused-ring (bicyclic) bond motifs is 3. The Labute approximate surface area is 142 Å². The molecule has 0 spiro atoms. The molecule has 0 radical (unpaired) electrons. The van der Waals surface area contributed by atoms with Crippen molar-refractivity contribution in [3.05, 3.63) is 35.4 Å². The molecule has 3 atom stereocenters. The number of benzene rings is 1. The van der Waals surface area contributed by atoms with Gasteiger partial charge in [0.15, 0.2) is 0 Å². The maximum Gasteiger partial charge on any atom is 0.240 e. The number of thioether (sulfide) groups is 1. The van der Waals surface area contributed by atoms with E-state index in [1.165, 1.54) is 24.0 Å². The van der Waals surface area contributed by atoms with E-state index < -0.39 is 0 Å². The van der Waals surface area contributed by atoms with Crippen molar-refractivity contribution in [3.8, 4) is 0 Å². The van der Waals surface area contributed by atoms with E-state index in [-0.39, 0.29) is 17.7 Å². The van der Waals surface area contributed by atoms with E-state index in [0.29, 0.717) is 18.0 Å². The highest BCUT2D eigenvalue weighted by Crippen LogP contribution is 2.38. The Morgan fingerprint density at radius 1 is 1.18 bits per heavy atom. The Balaban J connectivity index is 0.00000144. The number of hydrogen-bond acceptors (Lipinski definition) is 3. The summed E-state index contributed by atoms with van der Waals surface area (Å²) in [6.45, 7) is 1.82. The van der Waals surface area contributed by atoms with Gasteiger partial charge in [-0.2, -0.15) is 0 Å². The fourth-order valence-electron chi connectivity index (χ4n) is 3.91. The van der Waals surface area contributed by atoms with Gasteiger partial charge in [0.25, 0.3) is 0 Å². The number of amides is 1. The molecule has 5 heteroatoms. The zero-order valence-corrected chi connectivity index (χ0v) is 14.3. The Morgan fingerprint density at radius 2 is 2.00 bits per heavy atom. The molecule has 22 heavy (non-hydrogen) atoms. The number of nitrogens with one attached hydrogen (secondary N) is 1. The second kappa shape index (κ2) is 6.81. The van der Waals surface area contributed by atoms with Gasteiger partial charge in [-0.15, -0.1) is 24.2 Å². The minimum absolute atomic E-state index is 0. The number of aryl methyl sites for hydroxylation is 1. The molecule has 4 rings (SSSR count). The third-order valence-corrected chi connectivity index (χ3v) is 6.28. The van der Waals surface area contributed by atoms with E-state index in [0.717, 1.165) is 31.7 Å². The highest BCUT2D eigenvalue weighted by Gasteiger charge is 2.35. The van der Waals surface area contributed by atoms with Crippen LogP contribution in [0, 0.1) is 0 Å². The SMILES string of the molecule is Cl.O=C(C1SCCc2ccccc21)N1CCC2CCC(C1)N2. The highest BCUT2D eigenvalue weighted by atomic mass is 35.5. The lowest BCUT2D eigenvalue weighted by molar-refractivity contribution is -0.131. The van der Waals surface area contributed by atoms with E-state index >= 15 is 0 Å². The van der Waals surface area contributed by atoms with Crippen molar-refractivity contribution in [2.45, 2.75) is 43.0 Å². The van der Waals surface area contributed by atoms with Gasteiger partial charge in [0.2, 0.25) is 5.91 Å². The molecule has 120 valence electrons. The Kier molecular flexibility index (Phi) is 5.00. The van der Waals surface area contributed by atoms with E-state index in [4.69, 9.17) is 0 Å². The van der Waals surface area contributed by atoms with E-state index in [1.807, 2.05) is 11.8 Å². The first kappa shape index (κ1) is 16.2. The maximum absolute atomic E-state index is 13.0. The van der Waals surface area contributed by atoms with Crippen LogP contribution in [0.3, 0.4) is 0 Å². The summed E-state index contributed by atoms with van der Waals surface area (Å²) in [6, 6.07) is 9.64. The number of hydrogen-bond donors (Lipinski definition) is 1. The second-order valence-electron chi connectivity index (χ2n) is 6.41. The van der Waals surface area contributed by atoms with Gasteiger partial charge in [-0.05, 0) is 42.6 Å². The highest BCUT2D eigenvalue weighted by molar-refractivity contribution is 8.00. The molecule has 0 aromatic heterocycles. The molecular formula is C17H23ClN2OS. The monoisotopic (exact) mass is 338 g/mol. The lowest BCUT2D eigenvalue weighted by Gasteiger charge is -2.31. The quantitative estimate of drug-likeness (QED) is 0.854. The summed E-state index contributed by atoms with van der Waals surface area (Å²) in [5.74, 6) is 1.40. The van der Waals surface area contributed by atoms with Crippen LogP contribution in [0.1, 0.15) is 35.6 Å². The van der Waals surface area contributed by atoms with Crippen molar-refractivity contribution >= 4 is 30.1 Å². The molecule has 1 aromatic carbocycles. The van der Waals surface area contributed by atoms with E-state index in [9.17, 15) is 4.79 Å². The predicted octanol–water partition coefficient (Wildman–Crippen LogP) is 2.79. The van der Waals surface area contributed by atoms with Gasteiger partial charge >= 0.3 is 0 Å².